The summed E-state index contributed by atoms with van der Waals surface area (Å²) in [5, 5.41) is 3.36. The van der Waals surface area contributed by atoms with Crippen molar-refractivity contribution < 1.29 is 17.6 Å². The highest BCUT2D eigenvalue weighted by molar-refractivity contribution is 7.93. The first-order valence-corrected chi connectivity index (χ1v) is 13.5. The van der Waals surface area contributed by atoms with Crippen LogP contribution in [0.25, 0.3) is 0 Å². The van der Waals surface area contributed by atoms with Gasteiger partial charge in [0.1, 0.15) is 11.9 Å². The number of amides is 1. The van der Waals surface area contributed by atoms with E-state index >= 15 is 0 Å². The van der Waals surface area contributed by atoms with Crippen molar-refractivity contribution in [3.63, 3.8) is 0 Å². The van der Waals surface area contributed by atoms with Crippen LogP contribution in [0.4, 0.5) is 10.1 Å². The monoisotopic (exact) mass is 531 g/mol. The number of anilines is 1. The summed E-state index contributed by atoms with van der Waals surface area (Å²) in [6.45, 7) is 10.3. The average molecular weight is 533 g/mol. The van der Waals surface area contributed by atoms with E-state index in [1.54, 1.807) is 0 Å². The average Bonchev–Trinajstić information content (AvgIpc) is 2.79. The van der Waals surface area contributed by atoms with Crippen LogP contribution in [0.15, 0.2) is 47.4 Å². The number of rotatable bonds is 12. The van der Waals surface area contributed by atoms with Crippen molar-refractivity contribution in [2.45, 2.75) is 57.5 Å². The Morgan fingerprint density at radius 1 is 1.03 bits per heavy atom. The fraction of sp³-hybridized carbons (Fsp3) is 0.458. The number of benzene rings is 2. The molecule has 188 valence electrons. The van der Waals surface area contributed by atoms with Crippen LogP contribution in [-0.2, 0) is 14.8 Å². The second-order valence-electron chi connectivity index (χ2n) is 8.11. The number of halogens is 3. The summed E-state index contributed by atoms with van der Waals surface area (Å²) in [4.78, 5) is 15.3. The summed E-state index contributed by atoms with van der Waals surface area (Å²) in [5.74, 6) is -1.35. The summed E-state index contributed by atoms with van der Waals surface area (Å²) in [7, 11) is -4.32. The minimum Gasteiger partial charge on any atom is -0.352 e. The van der Waals surface area contributed by atoms with Gasteiger partial charge in [-0.05, 0) is 88.8 Å². The summed E-state index contributed by atoms with van der Waals surface area (Å²) in [5.41, 5.74) is -0.306. The maximum absolute atomic E-state index is 14.8. The Morgan fingerprint density at radius 2 is 1.62 bits per heavy atom. The molecule has 0 heterocycles. The van der Waals surface area contributed by atoms with Crippen LogP contribution in [0.3, 0.4) is 0 Å². The lowest BCUT2D eigenvalue weighted by atomic mass is 10.1. The van der Waals surface area contributed by atoms with Crippen molar-refractivity contribution in [3.8, 4) is 0 Å². The van der Waals surface area contributed by atoms with Crippen molar-refractivity contribution in [1.29, 1.82) is 0 Å². The third kappa shape index (κ3) is 7.31. The smallest absolute Gasteiger partial charge is 0.265 e. The molecule has 0 spiro atoms. The van der Waals surface area contributed by atoms with Crippen LogP contribution in [0.2, 0.25) is 10.0 Å². The van der Waals surface area contributed by atoms with Gasteiger partial charge in [0.05, 0.1) is 10.6 Å². The van der Waals surface area contributed by atoms with Gasteiger partial charge in [0, 0.05) is 16.1 Å². The van der Waals surface area contributed by atoms with Crippen LogP contribution < -0.4 is 9.62 Å². The van der Waals surface area contributed by atoms with Crippen molar-refractivity contribution in [2.75, 3.05) is 23.9 Å². The Morgan fingerprint density at radius 3 is 2.21 bits per heavy atom. The molecule has 2 aromatic rings. The quantitative estimate of drug-likeness (QED) is 0.401. The minimum absolute atomic E-state index is 0.122. The van der Waals surface area contributed by atoms with E-state index in [1.165, 1.54) is 43.3 Å². The molecule has 0 aliphatic heterocycles. The molecule has 1 unspecified atom stereocenters. The molecule has 2 atom stereocenters. The predicted octanol–water partition coefficient (Wildman–Crippen LogP) is 5.34. The SMILES string of the molecule is CCN(CC)CCCC(C)NC(=O)[C@@H](C)N(c1cc(Cl)ccc1F)S(=O)(=O)c1ccc(Cl)cc1. The highest BCUT2D eigenvalue weighted by Crippen LogP contribution is 2.31. The van der Waals surface area contributed by atoms with Gasteiger partial charge in [-0.3, -0.25) is 9.10 Å². The highest BCUT2D eigenvalue weighted by Gasteiger charge is 2.35. The summed E-state index contributed by atoms with van der Waals surface area (Å²) in [6, 6.07) is 7.63. The number of sulfonamides is 1. The number of nitrogens with zero attached hydrogens (tertiary/aromatic N) is 2. The molecule has 0 radical (unpaired) electrons. The standard InChI is InChI=1S/C24H32Cl2FN3O3S/c1-5-29(6-2)15-7-8-17(3)28-24(31)18(4)30(23-16-20(26)11-14-22(23)27)34(32,33)21-12-9-19(25)10-13-21/h9-14,16-18H,5-8,15H2,1-4H3,(H,28,31)/t17?,18-/m1/s1. The van der Waals surface area contributed by atoms with Crippen LogP contribution in [-0.4, -0.2) is 50.9 Å². The lowest BCUT2D eigenvalue weighted by Crippen LogP contribution is -2.50. The van der Waals surface area contributed by atoms with Crippen molar-refractivity contribution >= 4 is 44.8 Å². The van der Waals surface area contributed by atoms with Crippen LogP contribution in [0.1, 0.15) is 40.5 Å². The van der Waals surface area contributed by atoms with Crippen LogP contribution in [0.5, 0.6) is 0 Å². The molecule has 0 saturated heterocycles. The minimum atomic E-state index is -4.32. The molecule has 0 aromatic heterocycles. The van der Waals surface area contributed by atoms with Gasteiger partial charge in [-0.15, -0.1) is 0 Å². The summed E-state index contributed by atoms with van der Waals surface area (Å²) >= 11 is 11.9. The maximum atomic E-state index is 14.8. The van der Waals surface area contributed by atoms with E-state index in [-0.39, 0.29) is 21.6 Å². The largest absolute Gasteiger partial charge is 0.352 e. The molecule has 0 fully saturated rings. The van der Waals surface area contributed by atoms with Crippen molar-refractivity contribution in [3.05, 3.63) is 58.3 Å². The second-order valence-corrected chi connectivity index (χ2v) is 10.8. The zero-order valence-electron chi connectivity index (χ0n) is 19.9. The number of carbonyl (C=O) groups excluding carboxylic acids is 1. The van der Waals surface area contributed by atoms with Crippen LogP contribution >= 0.6 is 23.2 Å². The first-order valence-electron chi connectivity index (χ1n) is 11.3. The Bertz CT molecular complexity index is 1060. The Hall–Kier alpha value is -1.87. The van der Waals surface area contributed by atoms with Crippen molar-refractivity contribution in [2.24, 2.45) is 0 Å². The van der Waals surface area contributed by atoms with Crippen molar-refractivity contribution in [1.82, 2.24) is 10.2 Å². The molecule has 10 heteroatoms. The number of hydrogen-bond acceptors (Lipinski definition) is 4. The van der Waals surface area contributed by atoms with Gasteiger partial charge >= 0.3 is 0 Å². The normalized spacial score (nSPS) is 13.5. The third-order valence-electron chi connectivity index (χ3n) is 5.64. The van der Waals surface area contributed by atoms with E-state index in [9.17, 15) is 17.6 Å². The number of hydrogen-bond donors (Lipinski definition) is 1. The van der Waals surface area contributed by atoms with Gasteiger partial charge in [-0.2, -0.15) is 0 Å². The molecule has 0 saturated carbocycles. The molecule has 34 heavy (non-hydrogen) atoms. The number of carbonyl (C=O) groups is 1. The van der Waals surface area contributed by atoms with E-state index in [1.807, 2.05) is 6.92 Å². The lowest BCUT2D eigenvalue weighted by molar-refractivity contribution is -0.122. The Balaban J connectivity index is 2.31. The molecule has 0 bridgehead atoms. The van der Waals surface area contributed by atoms with Gasteiger partial charge in [0.2, 0.25) is 5.91 Å². The van der Waals surface area contributed by atoms with E-state index in [0.29, 0.717) is 5.02 Å². The molecule has 1 amide bonds. The molecule has 1 N–H and O–H groups in total. The van der Waals surface area contributed by atoms with Crippen LogP contribution in [0, 0.1) is 5.82 Å². The second kappa shape index (κ2) is 12.7. The molecular weight excluding hydrogens is 500 g/mol. The Labute approximate surface area is 212 Å². The van der Waals surface area contributed by atoms with E-state index in [0.717, 1.165) is 42.8 Å². The molecule has 2 rings (SSSR count). The van der Waals surface area contributed by atoms with E-state index in [2.05, 4.69) is 24.1 Å². The van der Waals surface area contributed by atoms with Gasteiger partial charge in [-0.25, -0.2) is 12.8 Å². The highest BCUT2D eigenvalue weighted by atomic mass is 35.5. The van der Waals surface area contributed by atoms with Gasteiger partial charge in [0.15, 0.2) is 0 Å². The topological polar surface area (TPSA) is 69.7 Å². The molecule has 0 aliphatic carbocycles. The first-order chi connectivity index (χ1) is 16.0. The lowest BCUT2D eigenvalue weighted by Gasteiger charge is -2.31. The van der Waals surface area contributed by atoms with Gasteiger partial charge < -0.3 is 10.2 Å². The predicted molar refractivity (Wildman–Crippen MR) is 137 cm³/mol. The molecular formula is C24H32Cl2FN3O3S. The maximum Gasteiger partial charge on any atom is 0.265 e. The Kier molecular flexibility index (Phi) is 10.6. The fourth-order valence-electron chi connectivity index (χ4n) is 3.62. The van der Waals surface area contributed by atoms with E-state index in [4.69, 9.17) is 23.2 Å². The molecule has 0 aliphatic rings. The zero-order chi connectivity index (χ0) is 25.5. The summed E-state index contributed by atoms with van der Waals surface area (Å²) in [6.07, 6.45) is 1.61. The zero-order valence-corrected chi connectivity index (χ0v) is 22.2. The van der Waals surface area contributed by atoms with Gasteiger partial charge in [-0.1, -0.05) is 37.0 Å². The third-order valence-corrected chi connectivity index (χ3v) is 8.03. The molecule has 6 nitrogen and oxygen atoms in total. The first kappa shape index (κ1) is 28.4. The van der Waals surface area contributed by atoms with Gasteiger partial charge in [0.25, 0.3) is 10.0 Å². The fourth-order valence-corrected chi connectivity index (χ4v) is 5.53. The molecule has 2 aromatic carbocycles. The summed E-state index contributed by atoms with van der Waals surface area (Å²) < 4.78 is 42.7. The van der Waals surface area contributed by atoms with E-state index < -0.39 is 27.8 Å². The number of nitrogens with one attached hydrogen (secondary N) is 1.